The molecule has 1 atom stereocenters. The molecule has 0 N–H and O–H groups in total. The second-order valence-corrected chi connectivity index (χ2v) is 10.7. The monoisotopic (exact) mass is 591 g/mol. The Morgan fingerprint density at radius 1 is 0.548 bits per heavy atom. The second kappa shape index (κ2) is 13.6. The molecule has 42 heavy (non-hydrogen) atoms. The molecule has 0 bridgehead atoms. The van der Waals surface area contributed by atoms with E-state index < -0.39 is 0 Å². The molecule has 2 aliphatic carbocycles. The van der Waals surface area contributed by atoms with Crippen LogP contribution in [0.2, 0.25) is 0 Å². The molecule has 2 nitrogen and oxygen atoms in total. The fourth-order valence-corrected chi connectivity index (χ4v) is 5.42. The van der Waals surface area contributed by atoms with Gasteiger partial charge in [0, 0.05) is 22.7 Å². The summed E-state index contributed by atoms with van der Waals surface area (Å²) in [5.74, 6) is 1.37. The van der Waals surface area contributed by atoms with Gasteiger partial charge in [-0.2, -0.15) is 0 Å². The van der Waals surface area contributed by atoms with Crippen molar-refractivity contribution in [2.75, 3.05) is 6.61 Å². The van der Waals surface area contributed by atoms with Crippen LogP contribution in [0, 0.1) is 5.92 Å². The van der Waals surface area contributed by atoms with E-state index in [1.165, 1.54) is 44.5 Å². The number of hydrogen-bond acceptors (Lipinski definition) is 1. The van der Waals surface area contributed by atoms with Gasteiger partial charge in [-0.3, -0.25) is 0 Å². The van der Waals surface area contributed by atoms with E-state index in [0.29, 0.717) is 12.0 Å². The number of hydrogen-bond donors (Lipinski definition) is 0. The van der Waals surface area contributed by atoms with Crippen LogP contribution in [0.5, 0.6) is 0 Å². The summed E-state index contributed by atoms with van der Waals surface area (Å²) in [5, 5.41) is 4.52. The summed E-state index contributed by atoms with van der Waals surface area (Å²) < 4.78 is 5.52. The Kier molecular flexibility index (Phi) is 9.43. The Balaban J connectivity index is 0.000000212. The minimum Gasteiger partial charge on any atom is -0.648 e. The summed E-state index contributed by atoms with van der Waals surface area (Å²) in [7, 11) is 0. The Morgan fingerprint density at radius 2 is 0.881 bits per heavy atom. The molecule has 0 spiro atoms. The molecule has 3 aliphatic rings. The molecular weight excluding hydrogens is 557 g/mol. The van der Waals surface area contributed by atoms with E-state index in [-0.39, 0.29) is 16.8 Å². The average Bonchev–Trinajstić information content (AvgIpc) is 3.73. The van der Waals surface area contributed by atoms with Gasteiger partial charge in [-0.15, -0.1) is 0 Å². The molecule has 0 aromatic heterocycles. The van der Waals surface area contributed by atoms with Gasteiger partial charge < -0.3 is 10.1 Å². The topological polar surface area (TPSA) is 23.3 Å². The SMILES string of the molecule is CC(C)[C@H]1COC(=C2C=CC=C2)[N-]1.[Co].c1ccc(C2=C(c3ccccc3)C(c3ccccc3)=C2c2ccccc2)cc1. The molecule has 1 radical (unpaired) electrons. The predicted molar refractivity (Wildman–Crippen MR) is 173 cm³/mol. The van der Waals surface area contributed by atoms with Crippen molar-refractivity contribution in [3.05, 3.63) is 185 Å². The summed E-state index contributed by atoms with van der Waals surface area (Å²) in [6.07, 6.45) is 8.07. The minimum atomic E-state index is 0. The third-order valence-electron chi connectivity index (χ3n) is 7.60. The van der Waals surface area contributed by atoms with Gasteiger partial charge in [0.25, 0.3) is 0 Å². The molecule has 211 valence electrons. The fourth-order valence-electron chi connectivity index (χ4n) is 5.42. The van der Waals surface area contributed by atoms with Gasteiger partial charge in [-0.1, -0.05) is 171 Å². The van der Waals surface area contributed by atoms with E-state index in [1.807, 2.05) is 24.3 Å². The average molecular weight is 592 g/mol. The van der Waals surface area contributed by atoms with Crippen molar-refractivity contribution in [1.82, 2.24) is 0 Å². The Morgan fingerprint density at radius 3 is 1.17 bits per heavy atom. The summed E-state index contributed by atoms with van der Waals surface area (Å²) in [4.78, 5) is 0. The molecule has 1 fully saturated rings. The molecule has 3 heteroatoms. The first-order valence-corrected chi connectivity index (χ1v) is 14.3. The first-order chi connectivity index (χ1) is 20.2. The van der Waals surface area contributed by atoms with Crippen molar-refractivity contribution in [2.45, 2.75) is 19.9 Å². The summed E-state index contributed by atoms with van der Waals surface area (Å²) in [6, 6.07) is 43.3. The van der Waals surface area contributed by atoms with Gasteiger partial charge in [-0.25, -0.2) is 0 Å². The number of ether oxygens (including phenoxy) is 1. The van der Waals surface area contributed by atoms with Crippen molar-refractivity contribution >= 4 is 22.3 Å². The zero-order valence-electron chi connectivity index (χ0n) is 23.9. The first kappa shape index (κ1) is 29.2. The van der Waals surface area contributed by atoms with Crippen LogP contribution in [-0.2, 0) is 21.5 Å². The Labute approximate surface area is 260 Å². The van der Waals surface area contributed by atoms with Crippen LogP contribution in [0.15, 0.2) is 157 Å². The van der Waals surface area contributed by atoms with Gasteiger partial charge in [0.05, 0.1) is 6.61 Å². The van der Waals surface area contributed by atoms with E-state index in [4.69, 9.17) is 4.74 Å². The van der Waals surface area contributed by atoms with Gasteiger partial charge in [0.2, 0.25) is 0 Å². The molecule has 7 rings (SSSR count). The van der Waals surface area contributed by atoms with Crippen LogP contribution in [0.25, 0.3) is 27.6 Å². The van der Waals surface area contributed by atoms with Crippen LogP contribution in [0.4, 0.5) is 0 Å². The minimum absolute atomic E-state index is 0. The number of allylic oxidation sites excluding steroid dienone is 9. The number of rotatable bonds is 5. The van der Waals surface area contributed by atoms with E-state index in [9.17, 15) is 0 Å². The van der Waals surface area contributed by atoms with Gasteiger partial charge in [-0.05, 0) is 50.1 Å². The maximum absolute atomic E-state index is 5.52. The molecule has 0 saturated carbocycles. The smallest absolute Gasteiger partial charge is 0.0726 e. The van der Waals surface area contributed by atoms with Crippen LogP contribution >= 0.6 is 0 Å². The predicted octanol–water partition coefficient (Wildman–Crippen LogP) is 9.97. The van der Waals surface area contributed by atoms with Crippen molar-refractivity contribution in [1.29, 1.82) is 0 Å². The fraction of sp³-hybridized carbons (Fsp3) is 0.128. The number of benzene rings is 4. The van der Waals surface area contributed by atoms with E-state index >= 15 is 0 Å². The van der Waals surface area contributed by atoms with Gasteiger partial charge in [0.15, 0.2) is 0 Å². The number of nitrogens with zero attached hydrogens (tertiary/aromatic N) is 1. The third-order valence-corrected chi connectivity index (χ3v) is 7.60. The van der Waals surface area contributed by atoms with Crippen molar-refractivity contribution < 1.29 is 21.5 Å². The third kappa shape index (κ3) is 6.13. The zero-order chi connectivity index (χ0) is 28.0. The Bertz CT molecular complexity index is 1430. The van der Waals surface area contributed by atoms with Crippen molar-refractivity contribution in [2.24, 2.45) is 5.92 Å². The van der Waals surface area contributed by atoms with Gasteiger partial charge >= 0.3 is 0 Å². The normalized spacial score (nSPS) is 16.9. The van der Waals surface area contributed by atoms with E-state index in [0.717, 1.165) is 18.1 Å². The molecule has 0 amide bonds. The second-order valence-electron chi connectivity index (χ2n) is 10.7. The molecule has 4 aromatic rings. The largest absolute Gasteiger partial charge is 0.648 e. The summed E-state index contributed by atoms with van der Waals surface area (Å²) >= 11 is 0. The Hall–Kier alpha value is -4.31. The molecule has 0 unspecified atom stereocenters. The van der Waals surface area contributed by atoms with Crippen LogP contribution in [-0.4, -0.2) is 12.6 Å². The van der Waals surface area contributed by atoms with Crippen LogP contribution in [0.1, 0.15) is 36.1 Å². The molecule has 4 aromatic carbocycles. The molecule has 1 saturated heterocycles. The van der Waals surface area contributed by atoms with Gasteiger partial charge in [0.1, 0.15) is 0 Å². The van der Waals surface area contributed by atoms with Crippen molar-refractivity contribution in [3.8, 4) is 0 Å². The van der Waals surface area contributed by atoms with E-state index in [2.05, 4.69) is 140 Å². The molecule has 1 heterocycles. The van der Waals surface area contributed by atoms with Crippen LogP contribution in [0.3, 0.4) is 0 Å². The standard InChI is InChI=1S/C28H20.C11H14NO.Co/c1-5-13-21(14-6-1)25-26(22-15-7-2-8-16-22)28(24-19-11-4-12-20-24)27(25)23-17-9-3-10-18-23;1-8(2)10-7-13-11(12-10)9-5-3-4-6-9;/h1-20H;3-6,8,10H,7H2,1-2H3;/q;-1;/t;10-;/m.1./s1. The maximum Gasteiger partial charge on any atom is 0.0726 e. The maximum atomic E-state index is 5.52. The van der Waals surface area contributed by atoms with E-state index in [1.54, 1.807) is 0 Å². The molecule has 1 aliphatic heterocycles. The zero-order valence-corrected chi connectivity index (χ0v) is 24.9. The quantitative estimate of drug-likeness (QED) is 0.227. The summed E-state index contributed by atoms with van der Waals surface area (Å²) in [6.45, 7) is 5.08. The van der Waals surface area contributed by atoms with Crippen LogP contribution < -0.4 is 0 Å². The summed E-state index contributed by atoms with van der Waals surface area (Å²) in [5.41, 5.74) is 11.5. The first-order valence-electron chi connectivity index (χ1n) is 14.3. The molecular formula is C39H34CoNO-. The van der Waals surface area contributed by atoms with Crippen molar-refractivity contribution in [3.63, 3.8) is 0 Å².